The molecule has 0 bridgehead atoms. The lowest BCUT2D eigenvalue weighted by molar-refractivity contribution is 0.813. The minimum Gasteiger partial charge on any atom is -0.384 e. The number of hydrogen-bond donors (Lipinski definition) is 2. The molecule has 2 rings (SSSR count). The van der Waals surface area contributed by atoms with Gasteiger partial charge in [0.25, 0.3) is 0 Å². The number of rotatable bonds is 1. The smallest absolute Gasteiger partial charge is 0.118 e. The van der Waals surface area contributed by atoms with Crippen molar-refractivity contribution in [1.82, 2.24) is 5.32 Å². The third kappa shape index (κ3) is 1.67. The average Bonchev–Trinajstić information content (AvgIpc) is 2.30. The van der Waals surface area contributed by atoms with Crippen LogP contribution in [0.4, 0.5) is 0 Å². The molecule has 1 heterocycles. The lowest BCUT2D eigenvalue weighted by Gasteiger charge is -2.18. The van der Waals surface area contributed by atoms with Gasteiger partial charge in [0, 0.05) is 0 Å². The highest BCUT2D eigenvalue weighted by atomic mass is 15.1. The van der Waals surface area contributed by atoms with Crippen molar-refractivity contribution < 1.29 is 0 Å². The molecule has 0 aromatic heterocycles. The van der Waals surface area contributed by atoms with Gasteiger partial charge in [-0.15, -0.1) is 0 Å². The number of nitriles is 1. The molecule has 4 heteroatoms. The highest BCUT2D eigenvalue weighted by Crippen LogP contribution is 2.27. The zero-order valence-electron chi connectivity index (χ0n) is 8.01. The third-order valence-corrected chi connectivity index (χ3v) is 2.24. The summed E-state index contributed by atoms with van der Waals surface area (Å²) < 4.78 is 0. The molecule has 0 fully saturated rings. The van der Waals surface area contributed by atoms with Gasteiger partial charge in [0.1, 0.15) is 17.9 Å². The molecule has 3 N–H and O–H groups in total. The van der Waals surface area contributed by atoms with Gasteiger partial charge in [-0.2, -0.15) is 5.26 Å². The van der Waals surface area contributed by atoms with Crippen LogP contribution in [-0.2, 0) is 0 Å². The molecule has 0 saturated heterocycles. The molecular weight excluding hydrogens is 188 g/mol. The van der Waals surface area contributed by atoms with Gasteiger partial charge in [-0.1, -0.05) is 30.3 Å². The van der Waals surface area contributed by atoms with Gasteiger partial charge in [-0.25, -0.2) is 0 Å². The Morgan fingerprint density at radius 2 is 2.07 bits per heavy atom. The molecule has 1 aliphatic heterocycles. The fraction of sp³-hybridized carbons (Fsp3) is 0.0909. The highest BCUT2D eigenvalue weighted by Gasteiger charge is 2.20. The molecule has 0 saturated carbocycles. The zero-order chi connectivity index (χ0) is 10.7. The second kappa shape index (κ2) is 3.84. The number of benzene rings is 1. The van der Waals surface area contributed by atoms with Gasteiger partial charge in [0.05, 0.1) is 11.9 Å². The van der Waals surface area contributed by atoms with E-state index in [0.29, 0.717) is 11.4 Å². The van der Waals surface area contributed by atoms with Crippen LogP contribution in [-0.4, -0.2) is 6.34 Å². The predicted octanol–water partition coefficient (Wildman–Crippen LogP) is 1.05. The third-order valence-electron chi connectivity index (χ3n) is 2.24. The van der Waals surface area contributed by atoms with Crippen molar-refractivity contribution in [2.24, 2.45) is 10.7 Å². The molecule has 4 nitrogen and oxygen atoms in total. The molecule has 1 aliphatic rings. The first-order chi connectivity index (χ1) is 7.33. The lowest BCUT2D eigenvalue weighted by atomic mass is 9.99. The van der Waals surface area contributed by atoms with Crippen molar-refractivity contribution in [2.45, 2.75) is 6.04 Å². The van der Waals surface area contributed by atoms with Crippen LogP contribution < -0.4 is 11.1 Å². The van der Waals surface area contributed by atoms with E-state index in [1.807, 2.05) is 30.3 Å². The van der Waals surface area contributed by atoms with Gasteiger partial charge >= 0.3 is 0 Å². The SMILES string of the molecule is N#CC1=C(N)NC=NC1c1ccccc1. The fourth-order valence-electron chi connectivity index (χ4n) is 1.49. The quantitative estimate of drug-likeness (QED) is 0.708. The van der Waals surface area contributed by atoms with Crippen molar-refractivity contribution in [3.63, 3.8) is 0 Å². The Balaban J connectivity index is 2.42. The second-order valence-electron chi connectivity index (χ2n) is 3.17. The van der Waals surface area contributed by atoms with Crippen LogP contribution >= 0.6 is 0 Å². The van der Waals surface area contributed by atoms with Crippen LogP contribution in [0.1, 0.15) is 11.6 Å². The number of nitrogens with zero attached hydrogens (tertiary/aromatic N) is 2. The molecule has 0 spiro atoms. The van der Waals surface area contributed by atoms with E-state index in [4.69, 9.17) is 11.0 Å². The number of hydrogen-bond acceptors (Lipinski definition) is 4. The maximum absolute atomic E-state index is 8.99. The van der Waals surface area contributed by atoms with Gasteiger partial charge in [0.15, 0.2) is 0 Å². The van der Waals surface area contributed by atoms with Crippen LogP contribution in [0, 0.1) is 11.3 Å². The van der Waals surface area contributed by atoms with Gasteiger partial charge in [-0.3, -0.25) is 4.99 Å². The molecule has 74 valence electrons. The maximum atomic E-state index is 8.99. The van der Waals surface area contributed by atoms with Gasteiger partial charge in [-0.05, 0) is 5.56 Å². The summed E-state index contributed by atoms with van der Waals surface area (Å²) >= 11 is 0. The van der Waals surface area contributed by atoms with Gasteiger partial charge < -0.3 is 11.1 Å². The van der Waals surface area contributed by atoms with Crippen molar-refractivity contribution in [3.8, 4) is 6.07 Å². The molecule has 1 atom stereocenters. The van der Waals surface area contributed by atoms with Crippen molar-refractivity contribution in [1.29, 1.82) is 5.26 Å². The average molecular weight is 198 g/mol. The van der Waals surface area contributed by atoms with Crippen LogP contribution in [0.25, 0.3) is 0 Å². The lowest BCUT2D eigenvalue weighted by Crippen LogP contribution is -2.26. The highest BCUT2D eigenvalue weighted by molar-refractivity contribution is 5.63. The van der Waals surface area contributed by atoms with E-state index in [0.717, 1.165) is 5.56 Å². The van der Waals surface area contributed by atoms with Crippen LogP contribution in [0.15, 0.2) is 46.7 Å². The molecule has 1 unspecified atom stereocenters. The molecule has 1 aromatic carbocycles. The summed E-state index contributed by atoms with van der Waals surface area (Å²) in [5, 5.41) is 11.7. The van der Waals surface area contributed by atoms with E-state index in [2.05, 4.69) is 16.4 Å². The zero-order valence-corrected chi connectivity index (χ0v) is 8.01. The van der Waals surface area contributed by atoms with Crippen molar-refractivity contribution in [2.75, 3.05) is 0 Å². The summed E-state index contributed by atoms with van der Waals surface area (Å²) in [7, 11) is 0. The Morgan fingerprint density at radius 1 is 1.33 bits per heavy atom. The molecule has 0 aliphatic carbocycles. The largest absolute Gasteiger partial charge is 0.384 e. The van der Waals surface area contributed by atoms with E-state index < -0.39 is 0 Å². The number of nitrogens with one attached hydrogen (secondary N) is 1. The van der Waals surface area contributed by atoms with Crippen LogP contribution in [0.3, 0.4) is 0 Å². The maximum Gasteiger partial charge on any atom is 0.118 e. The van der Waals surface area contributed by atoms with Gasteiger partial charge in [0.2, 0.25) is 0 Å². The van der Waals surface area contributed by atoms with E-state index in [1.165, 1.54) is 6.34 Å². The topological polar surface area (TPSA) is 74.2 Å². The van der Waals surface area contributed by atoms with E-state index in [-0.39, 0.29) is 6.04 Å². The van der Waals surface area contributed by atoms with E-state index in [9.17, 15) is 0 Å². The monoisotopic (exact) mass is 198 g/mol. The summed E-state index contributed by atoms with van der Waals surface area (Å²) in [6.07, 6.45) is 1.52. The summed E-state index contributed by atoms with van der Waals surface area (Å²) in [6.45, 7) is 0. The normalized spacial score (nSPS) is 19.5. The molecule has 0 radical (unpaired) electrons. The minimum absolute atomic E-state index is 0.280. The summed E-state index contributed by atoms with van der Waals surface area (Å²) in [6, 6.07) is 11.4. The first-order valence-electron chi connectivity index (χ1n) is 4.56. The summed E-state index contributed by atoms with van der Waals surface area (Å²) in [5.74, 6) is 0.376. The Morgan fingerprint density at radius 3 is 2.73 bits per heavy atom. The standard InChI is InChI=1S/C11H10N4/c12-6-9-10(14-7-15-11(9)13)8-4-2-1-3-5-8/h1-5,7,10H,13H2,(H,14,15). The molecular formula is C11H10N4. The van der Waals surface area contributed by atoms with Crippen molar-refractivity contribution >= 4 is 6.34 Å². The molecule has 15 heavy (non-hydrogen) atoms. The Bertz CT molecular complexity index is 453. The second-order valence-corrected chi connectivity index (χ2v) is 3.17. The minimum atomic E-state index is -0.280. The Kier molecular flexibility index (Phi) is 2.38. The predicted molar refractivity (Wildman–Crippen MR) is 57.6 cm³/mol. The molecule has 0 amide bonds. The van der Waals surface area contributed by atoms with Crippen LogP contribution in [0.5, 0.6) is 0 Å². The first kappa shape index (κ1) is 9.28. The first-order valence-corrected chi connectivity index (χ1v) is 4.56. The van der Waals surface area contributed by atoms with E-state index >= 15 is 0 Å². The Labute approximate surface area is 87.7 Å². The van der Waals surface area contributed by atoms with E-state index in [1.54, 1.807) is 0 Å². The summed E-state index contributed by atoms with van der Waals surface area (Å²) in [4.78, 5) is 4.21. The Hall–Kier alpha value is -2.28. The van der Waals surface area contributed by atoms with Crippen LogP contribution in [0.2, 0.25) is 0 Å². The fourth-order valence-corrected chi connectivity index (χ4v) is 1.49. The number of aliphatic imine (C=N–C) groups is 1. The summed E-state index contributed by atoms with van der Waals surface area (Å²) in [5.41, 5.74) is 7.10. The molecule has 1 aromatic rings. The van der Waals surface area contributed by atoms with Crippen molar-refractivity contribution in [3.05, 3.63) is 47.3 Å². The number of nitrogens with two attached hydrogens (primary N) is 1.